The molecule has 1 amide bonds. The van der Waals surface area contributed by atoms with E-state index in [2.05, 4.69) is 33.4 Å². The summed E-state index contributed by atoms with van der Waals surface area (Å²) in [5.74, 6) is -0.0819. The maximum atomic E-state index is 12.6. The summed E-state index contributed by atoms with van der Waals surface area (Å²) in [5.41, 5.74) is 3.37. The molecule has 0 unspecified atom stereocenters. The summed E-state index contributed by atoms with van der Waals surface area (Å²) in [7, 11) is 0. The number of pyridine rings is 1. The van der Waals surface area contributed by atoms with Crippen LogP contribution >= 0.6 is 0 Å². The highest BCUT2D eigenvalue weighted by Crippen LogP contribution is 2.22. The van der Waals surface area contributed by atoms with E-state index in [1.807, 2.05) is 49.5 Å². The number of anilines is 1. The van der Waals surface area contributed by atoms with Gasteiger partial charge in [0.25, 0.3) is 5.91 Å². The third-order valence-electron chi connectivity index (χ3n) is 4.29. The van der Waals surface area contributed by atoms with E-state index in [1.165, 1.54) is 0 Å². The number of nitrogens with zero attached hydrogens (tertiary/aromatic N) is 2. The minimum absolute atomic E-state index is 0.0819. The fourth-order valence-corrected chi connectivity index (χ4v) is 3.01. The Kier molecular flexibility index (Phi) is 3.50. The van der Waals surface area contributed by atoms with Gasteiger partial charge in [0.05, 0.1) is 17.9 Å². The lowest BCUT2D eigenvalue weighted by atomic mass is 10.2. The van der Waals surface area contributed by atoms with E-state index in [9.17, 15) is 4.79 Å². The topological polar surface area (TPSA) is 45.2 Å². The van der Waals surface area contributed by atoms with Crippen molar-refractivity contribution < 1.29 is 4.79 Å². The zero-order valence-corrected chi connectivity index (χ0v) is 13.4. The van der Waals surface area contributed by atoms with Gasteiger partial charge < -0.3 is 10.2 Å². The molecule has 0 saturated carbocycles. The Balaban J connectivity index is 1.71. The van der Waals surface area contributed by atoms with E-state index >= 15 is 0 Å². The number of hydrogen-bond acceptors (Lipinski definition) is 3. The van der Waals surface area contributed by atoms with Crippen LogP contribution in [0.15, 0.2) is 66.5 Å². The van der Waals surface area contributed by atoms with Crippen molar-refractivity contribution in [2.75, 3.05) is 11.9 Å². The highest BCUT2D eigenvalue weighted by atomic mass is 16.1. The third kappa shape index (κ3) is 2.52. The standard InChI is InChI=1S/C20H17N3O/c1-14-18(9-4-10-21-14)22-20(24)16-12-19-17-8-3-2-6-15(17)7-5-11-23(19)13-16/h2-12H,13H2,1H3,(H,22,24). The molecule has 1 aromatic carbocycles. The molecule has 4 rings (SSSR count). The van der Waals surface area contributed by atoms with Crippen LogP contribution in [0.5, 0.6) is 0 Å². The molecule has 0 aliphatic carbocycles. The lowest BCUT2D eigenvalue weighted by molar-refractivity contribution is -0.112. The second-order valence-corrected chi connectivity index (χ2v) is 5.87. The first-order valence-electron chi connectivity index (χ1n) is 7.90. The summed E-state index contributed by atoms with van der Waals surface area (Å²) in [6, 6.07) is 11.9. The molecule has 2 aliphatic heterocycles. The molecule has 3 heterocycles. The molecule has 0 atom stereocenters. The predicted molar refractivity (Wildman–Crippen MR) is 95.1 cm³/mol. The Bertz CT molecular complexity index is 1000. The molecule has 1 aromatic heterocycles. The van der Waals surface area contributed by atoms with Gasteiger partial charge in [-0.25, -0.2) is 0 Å². The monoisotopic (exact) mass is 315 g/mol. The number of benzene rings is 1. The smallest absolute Gasteiger partial charge is 0.253 e. The van der Waals surface area contributed by atoms with Gasteiger partial charge in [-0.2, -0.15) is 0 Å². The van der Waals surface area contributed by atoms with Crippen LogP contribution in [0.1, 0.15) is 5.69 Å². The van der Waals surface area contributed by atoms with Gasteiger partial charge in [0.1, 0.15) is 0 Å². The van der Waals surface area contributed by atoms with E-state index in [4.69, 9.17) is 0 Å². The summed E-state index contributed by atoms with van der Waals surface area (Å²) in [4.78, 5) is 18.9. The van der Waals surface area contributed by atoms with E-state index in [0.717, 1.165) is 33.1 Å². The number of hydrogen-bond donors (Lipinski definition) is 1. The minimum atomic E-state index is -0.0819. The molecule has 4 nitrogen and oxygen atoms in total. The maximum Gasteiger partial charge on any atom is 0.253 e. The van der Waals surface area contributed by atoms with Crippen LogP contribution in [0, 0.1) is 6.92 Å². The van der Waals surface area contributed by atoms with E-state index < -0.39 is 0 Å². The predicted octanol–water partition coefficient (Wildman–Crippen LogP) is 1.69. The molecule has 118 valence electrons. The van der Waals surface area contributed by atoms with Gasteiger partial charge in [0.2, 0.25) is 0 Å². The van der Waals surface area contributed by atoms with Crippen molar-refractivity contribution in [3.05, 3.63) is 82.7 Å². The number of carbonyl (C=O) groups is 1. The Morgan fingerprint density at radius 3 is 2.96 bits per heavy atom. The molecular weight excluding hydrogens is 298 g/mol. The number of nitrogens with one attached hydrogen (secondary N) is 1. The van der Waals surface area contributed by atoms with E-state index in [1.54, 1.807) is 6.20 Å². The van der Waals surface area contributed by atoms with Crippen molar-refractivity contribution in [1.29, 1.82) is 0 Å². The number of allylic oxidation sites excluding steroid dienone is 1. The molecule has 0 bridgehead atoms. The zero-order valence-electron chi connectivity index (χ0n) is 13.4. The van der Waals surface area contributed by atoms with Crippen LogP contribution in [-0.2, 0) is 4.79 Å². The average Bonchev–Trinajstić information content (AvgIpc) is 2.94. The Labute approximate surface area is 140 Å². The van der Waals surface area contributed by atoms with Crippen molar-refractivity contribution in [2.24, 2.45) is 0 Å². The van der Waals surface area contributed by atoms with Crippen molar-refractivity contribution in [3.8, 4) is 0 Å². The molecule has 2 aliphatic rings. The highest BCUT2D eigenvalue weighted by molar-refractivity contribution is 6.06. The van der Waals surface area contributed by atoms with Gasteiger partial charge in [-0.1, -0.05) is 30.3 Å². The molecule has 0 fully saturated rings. The van der Waals surface area contributed by atoms with Crippen LogP contribution in [0.3, 0.4) is 0 Å². The quantitative estimate of drug-likeness (QED) is 0.917. The lowest BCUT2D eigenvalue weighted by Crippen LogP contribution is -2.28. The fraction of sp³-hybridized carbons (Fsp3) is 0.100. The van der Waals surface area contributed by atoms with Crippen molar-refractivity contribution in [1.82, 2.24) is 9.88 Å². The summed E-state index contributed by atoms with van der Waals surface area (Å²) >= 11 is 0. The molecule has 0 spiro atoms. The first kappa shape index (κ1) is 14.5. The Morgan fingerprint density at radius 1 is 1.21 bits per heavy atom. The number of rotatable bonds is 2. The van der Waals surface area contributed by atoms with Gasteiger partial charge in [0, 0.05) is 28.9 Å². The summed E-state index contributed by atoms with van der Waals surface area (Å²) in [5, 5.41) is 5.26. The number of fused-ring (bicyclic) bond motifs is 2. The number of aryl methyl sites for hydroxylation is 1. The molecular formula is C20H17N3O. The highest BCUT2D eigenvalue weighted by Gasteiger charge is 2.23. The number of carbonyl (C=O) groups excluding carboxylic acids is 1. The molecule has 1 N–H and O–H groups in total. The van der Waals surface area contributed by atoms with Gasteiger partial charge in [0.15, 0.2) is 0 Å². The SMILES string of the molecule is Cc1ncccc1NC(=O)C1=CC2=c3ccccc3=CC=CN2C1. The van der Waals surface area contributed by atoms with E-state index in [-0.39, 0.29) is 5.91 Å². The zero-order chi connectivity index (χ0) is 16.5. The van der Waals surface area contributed by atoms with E-state index in [0.29, 0.717) is 6.54 Å². The van der Waals surface area contributed by atoms with Gasteiger partial charge in [-0.05, 0) is 36.4 Å². The van der Waals surface area contributed by atoms with Gasteiger partial charge in [-0.15, -0.1) is 0 Å². The minimum Gasteiger partial charge on any atom is -0.343 e. The molecule has 0 saturated heterocycles. The normalized spacial score (nSPS) is 15.1. The first-order chi connectivity index (χ1) is 11.7. The van der Waals surface area contributed by atoms with Crippen LogP contribution in [0.2, 0.25) is 0 Å². The summed E-state index contributed by atoms with van der Waals surface area (Å²) in [6.07, 6.45) is 9.82. The lowest BCUT2D eigenvalue weighted by Gasteiger charge is -2.14. The average molecular weight is 315 g/mol. The first-order valence-corrected chi connectivity index (χ1v) is 7.90. The summed E-state index contributed by atoms with van der Waals surface area (Å²) < 4.78 is 0. The van der Waals surface area contributed by atoms with Crippen LogP contribution in [0.4, 0.5) is 5.69 Å². The van der Waals surface area contributed by atoms with Crippen molar-refractivity contribution in [3.63, 3.8) is 0 Å². The molecule has 24 heavy (non-hydrogen) atoms. The molecule has 2 aromatic rings. The van der Waals surface area contributed by atoms with Crippen LogP contribution in [-0.4, -0.2) is 22.3 Å². The fourth-order valence-electron chi connectivity index (χ4n) is 3.01. The van der Waals surface area contributed by atoms with Crippen LogP contribution in [0.25, 0.3) is 11.8 Å². The Morgan fingerprint density at radius 2 is 2.08 bits per heavy atom. The summed E-state index contributed by atoms with van der Waals surface area (Å²) in [6.45, 7) is 2.45. The second-order valence-electron chi connectivity index (χ2n) is 5.87. The third-order valence-corrected chi connectivity index (χ3v) is 4.29. The molecule has 0 radical (unpaired) electrons. The second kappa shape index (κ2) is 5.81. The van der Waals surface area contributed by atoms with Gasteiger partial charge in [-0.3, -0.25) is 9.78 Å². The molecule has 4 heteroatoms. The Hall–Kier alpha value is -3.14. The largest absolute Gasteiger partial charge is 0.343 e. The maximum absolute atomic E-state index is 12.6. The van der Waals surface area contributed by atoms with Crippen LogP contribution < -0.4 is 15.8 Å². The number of amides is 1. The van der Waals surface area contributed by atoms with Crippen molar-refractivity contribution in [2.45, 2.75) is 6.92 Å². The van der Waals surface area contributed by atoms with Gasteiger partial charge >= 0.3 is 0 Å². The number of aromatic nitrogens is 1. The van der Waals surface area contributed by atoms with Crippen molar-refractivity contribution >= 4 is 23.4 Å².